The summed E-state index contributed by atoms with van der Waals surface area (Å²) in [5.74, 6) is 0.404. The first-order chi connectivity index (χ1) is 13.7. The Morgan fingerprint density at radius 2 is 2.11 bits per heavy atom. The fourth-order valence-corrected chi connectivity index (χ4v) is 3.44. The maximum atomic E-state index is 12.9. The van der Waals surface area contributed by atoms with Crippen molar-refractivity contribution in [2.24, 2.45) is 0 Å². The van der Waals surface area contributed by atoms with E-state index >= 15 is 0 Å². The number of aryl methyl sites for hydroxylation is 1. The molecule has 4 rings (SSSR count). The van der Waals surface area contributed by atoms with Gasteiger partial charge >= 0.3 is 0 Å². The van der Waals surface area contributed by atoms with Crippen LogP contribution in [0.3, 0.4) is 0 Å². The summed E-state index contributed by atoms with van der Waals surface area (Å²) in [6, 6.07) is 5.48. The van der Waals surface area contributed by atoms with Crippen LogP contribution in [0.2, 0.25) is 0 Å². The van der Waals surface area contributed by atoms with Gasteiger partial charge in [-0.25, -0.2) is 4.98 Å². The molecule has 144 valence electrons. The van der Waals surface area contributed by atoms with Crippen molar-refractivity contribution in [2.75, 3.05) is 13.1 Å². The van der Waals surface area contributed by atoms with Gasteiger partial charge in [0.15, 0.2) is 5.82 Å². The molecule has 4 heterocycles. The van der Waals surface area contributed by atoms with Gasteiger partial charge in [-0.3, -0.25) is 19.3 Å². The molecule has 1 aliphatic rings. The van der Waals surface area contributed by atoms with Gasteiger partial charge in [-0.15, -0.1) is 0 Å². The van der Waals surface area contributed by atoms with E-state index in [4.69, 9.17) is 0 Å². The van der Waals surface area contributed by atoms with Gasteiger partial charge in [0.2, 0.25) is 0 Å². The second kappa shape index (κ2) is 7.75. The predicted octanol–water partition coefficient (Wildman–Crippen LogP) is 1.68. The summed E-state index contributed by atoms with van der Waals surface area (Å²) < 4.78 is 1.78. The summed E-state index contributed by atoms with van der Waals surface area (Å²) in [7, 11) is 0. The monoisotopic (exact) mass is 378 g/mol. The first kappa shape index (κ1) is 18.1. The van der Waals surface area contributed by atoms with E-state index in [0.717, 1.165) is 18.7 Å². The number of nitrogens with one attached hydrogen (secondary N) is 1. The highest BCUT2D eigenvalue weighted by atomic mass is 16.2. The summed E-state index contributed by atoms with van der Waals surface area (Å²) in [6.07, 6.45) is 7.04. The van der Waals surface area contributed by atoms with Gasteiger partial charge < -0.3 is 9.88 Å². The molecule has 0 unspecified atom stereocenters. The Hall–Kier alpha value is -3.29. The zero-order valence-corrected chi connectivity index (χ0v) is 15.8. The molecule has 0 aromatic carbocycles. The zero-order valence-electron chi connectivity index (χ0n) is 15.8. The Labute approximate surface area is 162 Å². The van der Waals surface area contributed by atoms with Crippen molar-refractivity contribution >= 4 is 5.91 Å². The Morgan fingerprint density at radius 1 is 1.25 bits per heavy atom. The minimum absolute atomic E-state index is 0.0588. The topological polar surface area (TPSA) is 96.8 Å². The number of rotatable bonds is 4. The highest BCUT2D eigenvalue weighted by molar-refractivity contribution is 5.93. The van der Waals surface area contributed by atoms with Crippen molar-refractivity contribution in [2.45, 2.75) is 32.7 Å². The predicted molar refractivity (Wildman–Crippen MR) is 104 cm³/mol. The molecule has 3 aromatic rings. The lowest BCUT2D eigenvalue weighted by Crippen LogP contribution is -2.33. The molecule has 0 aliphatic carbocycles. The first-order valence-electron chi connectivity index (χ1n) is 9.51. The van der Waals surface area contributed by atoms with Crippen LogP contribution >= 0.6 is 0 Å². The summed E-state index contributed by atoms with van der Waals surface area (Å²) in [4.78, 5) is 38.9. The quantitative estimate of drug-likeness (QED) is 0.745. The summed E-state index contributed by atoms with van der Waals surface area (Å²) in [6.45, 7) is 3.86. The average Bonchev–Trinajstić information content (AvgIpc) is 3.07. The van der Waals surface area contributed by atoms with Gasteiger partial charge in [0.25, 0.3) is 11.5 Å². The first-order valence-corrected chi connectivity index (χ1v) is 9.51. The summed E-state index contributed by atoms with van der Waals surface area (Å²) in [5, 5.41) is 4.24. The lowest BCUT2D eigenvalue weighted by Gasteiger charge is -2.19. The number of amides is 1. The molecule has 0 fully saturated rings. The number of pyridine rings is 1. The molecule has 0 spiro atoms. The normalized spacial score (nSPS) is 13.8. The highest BCUT2D eigenvalue weighted by Crippen LogP contribution is 2.16. The fourth-order valence-electron chi connectivity index (χ4n) is 3.44. The fraction of sp³-hybridized carbons (Fsp3) is 0.350. The molecule has 0 saturated heterocycles. The number of carbonyl (C=O) groups is 1. The van der Waals surface area contributed by atoms with Gasteiger partial charge in [0.1, 0.15) is 5.69 Å². The molecule has 0 bridgehead atoms. The molecule has 8 nitrogen and oxygen atoms in total. The van der Waals surface area contributed by atoms with Gasteiger partial charge in [-0.1, -0.05) is 13.0 Å². The Balaban J connectivity index is 1.55. The van der Waals surface area contributed by atoms with Crippen LogP contribution in [0, 0.1) is 0 Å². The summed E-state index contributed by atoms with van der Waals surface area (Å²) >= 11 is 0. The number of aromatic nitrogens is 5. The van der Waals surface area contributed by atoms with Crippen LogP contribution in [0.1, 0.15) is 35.0 Å². The molecule has 8 heteroatoms. The molecule has 1 aliphatic heterocycles. The van der Waals surface area contributed by atoms with Crippen molar-refractivity contribution in [3.63, 3.8) is 0 Å². The number of hydrogen-bond acceptors (Lipinski definition) is 5. The molecule has 3 aromatic heterocycles. The van der Waals surface area contributed by atoms with E-state index in [-0.39, 0.29) is 11.5 Å². The smallest absolute Gasteiger partial charge is 0.257 e. The van der Waals surface area contributed by atoms with Crippen molar-refractivity contribution in [3.8, 4) is 11.5 Å². The SMILES string of the molecule is CCCn1cc(C(=O)N2CCc3nc(-c4ccccn4)[nH]c(=O)c3CC2)cn1. The standard InChI is InChI=1S/C20H22N6O2/c1-2-9-26-13-14(12-22-26)20(28)25-10-6-15-16(7-11-25)23-18(24-19(15)27)17-5-3-4-8-21-17/h3-5,8,12-13H,2,6-7,9-11H2,1H3,(H,23,24,27). The van der Waals surface area contributed by atoms with Crippen molar-refractivity contribution in [1.29, 1.82) is 0 Å². The van der Waals surface area contributed by atoms with Gasteiger partial charge in [-0.05, 0) is 25.0 Å². The third-order valence-electron chi connectivity index (χ3n) is 4.88. The van der Waals surface area contributed by atoms with Gasteiger partial charge in [0, 0.05) is 44.0 Å². The van der Waals surface area contributed by atoms with Crippen LogP contribution in [0.25, 0.3) is 11.5 Å². The van der Waals surface area contributed by atoms with E-state index in [1.165, 1.54) is 0 Å². The van der Waals surface area contributed by atoms with E-state index in [0.29, 0.717) is 48.6 Å². The molecule has 1 amide bonds. The van der Waals surface area contributed by atoms with Crippen LogP contribution in [0.15, 0.2) is 41.6 Å². The van der Waals surface area contributed by atoms with E-state index in [2.05, 4.69) is 27.0 Å². The number of fused-ring (bicyclic) bond motifs is 1. The van der Waals surface area contributed by atoms with Crippen LogP contribution in [0.4, 0.5) is 0 Å². The number of nitrogens with zero attached hydrogens (tertiary/aromatic N) is 5. The third kappa shape index (κ3) is 3.58. The minimum atomic E-state index is -0.157. The third-order valence-corrected chi connectivity index (χ3v) is 4.88. The number of carbonyl (C=O) groups excluding carboxylic acids is 1. The second-order valence-corrected chi connectivity index (χ2v) is 6.84. The van der Waals surface area contributed by atoms with Crippen molar-refractivity contribution in [1.82, 2.24) is 29.6 Å². The molecular weight excluding hydrogens is 356 g/mol. The molecule has 0 radical (unpaired) electrons. The molecule has 0 saturated carbocycles. The van der Waals surface area contributed by atoms with Crippen molar-refractivity contribution in [3.05, 3.63) is 64.0 Å². The van der Waals surface area contributed by atoms with Crippen LogP contribution in [0.5, 0.6) is 0 Å². The number of H-pyrrole nitrogens is 1. The Bertz CT molecular complexity index is 1040. The van der Waals surface area contributed by atoms with Crippen molar-refractivity contribution < 1.29 is 4.79 Å². The van der Waals surface area contributed by atoms with E-state index in [1.54, 1.807) is 28.2 Å². The molecular formula is C20H22N6O2. The lowest BCUT2D eigenvalue weighted by atomic mass is 10.1. The van der Waals surface area contributed by atoms with E-state index in [9.17, 15) is 9.59 Å². The Morgan fingerprint density at radius 3 is 2.89 bits per heavy atom. The molecule has 1 N–H and O–H groups in total. The van der Waals surface area contributed by atoms with E-state index < -0.39 is 0 Å². The molecule has 0 atom stereocenters. The minimum Gasteiger partial charge on any atom is -0.338 e. The van der Waals surface area contributed by atoms with E-state index in [1.807, 2.05) is 18.2 Å². The Kier molecular flexibility index (Phi) is 5.01. The maximum Gasteiger partial charge on any atom is 0.257 e. The average molecular weight is 378 g/mol. The van der Waals surface area contributed by atoms with Crippen LogP contribution < -0.4 is 5.56 Å². The zero-order chi connectivity index (χ0) is 19.5. The lowest BCUT2D eigenvalue weighted by molar-refractivity contribution is 0.0762. The van der Waals surface area contributed by atoms with Gasteiger partial charge in [0.05, 0.1) is 17.5 Å². The van der Waals surface area contributed by atoms with Crippen LogP contribution in [-0.4, -0.2) is 48.6 Å². The van der Waals surface area contributed by atoms with Crippen LogP contribution in [-0.2, 0) is 19.4 Å². The number of hydrogen-bond donors (Lipinski definition) is 1. The van der Waals surface area contributed by atoms with Gasteiger partial charge in [-0.2, -0.15) is 5.10 Å². The summed E-state index contributed by atoms with van der Waals surface area (Å²) in [5.41, 5.74) is 2.44. The second-order valence-electron chi connectivity index (χ2n) is 6.84. The molecule has 28 heavy (non-hydrogen) atoms. The maximum absolute atomic E-state index is 12.9. The number of aromatic amines is 1. The highest BCUT2D eigenvalue weighted by Gasteiger charge is 2.23. The largest absolute Gasteiger partial charge is 0.338 e.